The molecule has 5 aromatic rings. The van der Waals surface area contributed by atoms with Crippen LogP contribution < -0.4 is 20.3 Å². The van der Waals surface area contributed by atoms with Crippen LogP contribution in [-0.2, 0) is 0 Å². The number of aryl methyl sites for hydroxylation is 1. The van der Waals surface area contributed by atoms with Gasteiger partial charge in [0, 0.05) is 17.0 Å². The molecule has 0 spiro atoms. The van der Waals surface area contributed by atoms with Gasteiger partial charge in [0.1, 0.15) is 11.3 Å². The number of ether oxygens (including phenoxy) is 2. The quantitative estimate of drug-likeness (QED) is 0.376. The van der Waals surface area contributed by atoms with Gasteiger partial charge in [-0.2, -0.15) is 5.10 Å². The van der Waals surface area contributed by atoms with Crippen LogP contribution in [0.25, 0.3) is 33.3 Å². The highest BCUT2D eigenvalue weighted by Crippen LogP contribution is 2.32. The fraction of sp³-hybridized carbons (Fsp3) is 0.120. The summed E-state index contributed by atoms with van der Waals surface area (Å²) in [6.07, 6.45) is 0. The van der Waals surface area contributed by atoms with Crippen LogP contribution in [0.4, 0.5) is 5.95 Å². The van der Waals surface area contributed by atoms with E-state index in [4.69, 9.17) is 13.9 Å². The van der Waals surface area contributed by atoms with Crippen molar-refractivity contribution in [2.45, 2.75) is 6.92 Å². The molecule has 0 saturated heterocycles. The van der Waals surface area contributed by atoms with Gasteiger partial charge < -0.3 is 18.9 Å². The molecule has 0 atom stereocenters. The maximum absolute atomic E-state index is 6.23. The number of aromatic amines is 1. The fourth-order valence-electron chi connectivity index (χ4n) is 3.62. The van der Waals surface area contributed by atoms with Crippen molar-refractivity contribution in [2.75, 3.05) is 19.6 Å². The Labute approximate surface area is 184 Å². The minimum Gasteiger partial charge on any atom is -0.493 e. The van der Waals surface area contributed by atoms with E-state index in [-0.39, 0.29) is 0 Å². The lowest BCUT2D eigenvalue weighted by Crippen LogP contribution is -2.08. The van der Waals surface area contributed by atoms with Gasteiger partial charge in [0.2, 0.25) is 5.95 Å². The van der Waals surface area contributed by atoms with Gasteiger partial charge in [0.05, 0.1) is 30.6 Å². The summed E-state index contributed by atoms with van der Waals surface area (Å²) in [5.41, 5.74) is 7.56. The predicted molar refractivity (Wildman–Crippen MR) is 125 cm³/mol. The molecule has 0 bridgehead atoms. The molecule has 0 saturated carbocycles. The van der Waals surface area contributed by atoms with Crippen LogP contribution in [0.1, 0.15) is 5.56 Å². The van der Waals surface area contributed by atoms with Gasteiger partial charge in [-0.15, -0.1) is 0 Å². The van der Waals surface area contributed by atoms with Crippen molar-refractivity contribution in [3.8, 4) is 22.8 Å². The van der Waals surface area contributed by atoms with E-state index in [1.807, 2.05) is 73.7 Å². The van der Waals surface area contributed by atoms with Crippen LogP contribution in [0.3, 0.4) is 0 Å². The summed E-state index contributed by atoms with van der Waals surface area (Å²) >= 11 is 0. The number of hydrogen-bond donors (Lipinski definition) is 2. The van der Waals surface area contributed by atoms with E-state index in [0.717, 1.165) is 38.5 Å². The van der Waals surface area contributed by atoms with Crippen LogP contribution in [0.5, 0.6) is 11.5 Å². The van der Waals surface area contributed by atoms with Gasteiger partial charge in [-0.05, 0) is 55.0 Å². The van der Waals surface area contributed by atoms with E-state index in [2.05, 4.69) is 20.5 Å². The first-order chi connectivity index (χ1) is 15.6. The van der Waals surface area contributed by atoms with Gasteiger partial charge in [-0.1, -0.05) is 18.2 Å². The van der Waals surface area contributed by atoms with Crippen molar-refractivity contribution in [3.63, 3.8) is 0 Å². The minimum absolute atomic E-state index is 0.569. The van der Waals surface area contributed by atoms with Crippen molar-refractivity contribution < 1.29 is 13.9 Å². The third kappa shape index (κ3) is 3.65. The van der Waals surface area contributed by atoms with E-state index >= 15 is 0 Å². The van der Waals surface area contributed by atoms with E-state index in [0.29, 0.717) is 23.2 Å². The normalized spacial score (nSPS) is 11.8. The number of fused-ring (bicyclic) bond motifs is 2. The van der Waals surface area contributed by atoms with Crippen LogP contribution in [-0.4, -0.2) is 24.2 Å². The molecule has 0 aliphatic carbocycles. The van der Waals surface area contributed by atoms with Gasteiger partial charge >= 0.3 is 0 Å². The number of imidazole rings is 1. The highest BCUT2D eigenvalue weighted by molar-refractivity contribution is 5.80. The average Bonchev–Trinajstić information content (AvgIpc) is 3.24. The standard InChI is InChI=1S/C25H22N4O3/c1-15-8-10-17-20(28-29-25-26-18-6-4-5-7-19(18)27-25)14-22(32-23(17)12-15)16-9-11-21(30-2)24(13-16)31-3/h4-14H,1-3H3,(H2,26,27,29). The Hall–Kier alpha value is -4.26. The van der Waals surface area contributed by atoms with Crippen molar-refractivity contribution in [1.82, 2.24) is 9.97 Å². The fourth-order valence-corrected chi connectivity index (χ4v) is 3.62. The molecule has 2 aromatic heterocycles. The Kier molecular flexibility index (Phi) is 4.99. The van der Waals surface area contributed by atoms with E-state index in [1.54, 1.807) is 14.2 Å². The zero-order chi connectivity index (χ0) is 22.1. The molecule has 0 unspecified atom stereocenters. The third-order valence-corrected chi connectivity index (χ3v) is 5.24. The zero-order valence-electron chi connectivity index (χ0n) is 18.0. The molecule has 0 radical (unpaired) electrons. The van der Waals surface area contributed by atoms with Crippen LogP contribution in [0.15, 0.2) is 76.2 Å². The second-order valence-corrected chi connectivity index (χ2v) is 7.39. The number of hydrogen-bond acceptors (Lipinski definition) is 6. The van der Waals surface area contributed by atoms with Crippen LogP contribution in [0.2, 0.25) is 0 Å². The highest BCUT2D eigenvalue weighted by atomic mass is 16.5. The number of rotatable bonds is 5. The monoisotopic (exact) mass is 426 g/mol. The number of nitrogens with zero attached hydrogens (tertiary/aromatic N) is 2. The SMILES string of the molecule is COc1ccc(-c2cc(=NNc3nc4ccccc4[nH]3)c3ccc(C)cc3o2)cc1OC. The predicted octanol–water partition coefficient (Wildman–Crippen LogP) is 5.23. The molecule has 0 aliphatic heterocycles. The molecular formula is C25H22N4O3. The molecule has 32 heavy (non-hydrogen) atoms. The Morgan fingerprint density at radius 3 is 2.59 bits per heavy atom. The Morgan fingerprint density at radius 1 is 0.938 bits per heavy atom. The van der Waals surface area contributed by atoms with E-state index in [9.17, 15) is 0 Å². The average molecular weight is 426 g/mol. The van der Waals surface area contributed by atoms with Crippen molar-refractivity contribution >= 4 is 28.0 Å². The van der Waals surface area contributed by atoms with Gasteiger partial charge in [0.15, 0.2) is 11.5 Å². The van der Waals surface area contributed by atoms with Crippen molar-refractivity contribution in [1.29, 1.82) is 0 Å². The van der Waals surface area contributed by atoms with Crippen molar-refractivity contribution in [3.05, 3.63) is 77.7 Å². The van der Waals surface area contributed by atoms with Crippen LogP contribution in [0, 0.1) is 6.92 Å². The first-order valence-corrected chi connectivity index (χ1v) is 10.2. The Bertz CT molecular complexity index is 1470. The molecule has 7 heteroatoms. The first kappa shape index (κ1) is 19.7. The van der Waals surface area contributed by atoms with Gasteiger partial charge in [-0.3, -0.25) is 0 Å². The number of aromatic nitrogens is 2. The second-order valence-electron chi connectivity index (χ2n) is 7.39. The molecule has 5 rings (SSSR count). The van der Waals surface area contributed by atoms with Gasteiger partial charge in [-0.25, -0.2) is 10.4 Å². The zero-order valence-corrected chi connectivity index (χ0v) is 18.0. The summed E-state index contributed by atoms with van der Waals surface area (Å²) in [7, 11) is 3.22. The lowest BCUT2D eigenvalue weighted by molar-refractivity contribution is 0.355. The summed E-state index contributed by atoms with van der Waals surface area (Å²) in [6.45, 7) is 2.03. The molecule has 160 valence electrons. The maximum Gasteiger partial charge on any atom is 0.222 e. The maximum atomic E-state index is 6.23. The molecule has 3 aromatic carbocycles. The van der Waals surface area contributed by atoms with Crippen molar-refractivity contribution in [2.24, 2.45) is 5.10 Å². The summed E-state index contributed by atoms with van der Waals surface area (Å²) in [6, 6.07) is 21.4. The molecule has 2 N–H and O–H groups in total. The topological polar surface area (TPSA) is 84.7 Å². The molecule has 7 nitrogen and oxygen atoms in total. The number of para-hydroxylation sites is 2. The summed E-state index contributed by atoms with van der Waals surface area (Å²) in [4.78, 5) is 7.76. The van der Waals surface area contributed by atoms with Crippen LogP contribution >= 0.6 is 0 Å². The molecular weight excluding hydrogens is 404 g/mol. The van der Waals surface area contributed by atoms with Gasteiger partial charge in [0.25, 0.3) is 0 Å². The smallest absolute Gasteiger partial charge is 0.222 e. The molecule has 2 heterocycles. The van der Waals surface area contributed by atoms with E-state index in [1.165, 1.54) is 0 Å². The Balaban J connectivity index is 1.63. The Morgan fingerprint density at radius 2 is 1.78 bits per heavy atom. The second kappa shape index (κ2) is 8.11. The number of H-pyrrole nitrogens is 1. The minimum atomic E-state index is 0.569. The van der Waals surface area contributed by atoms with E-state index < -0.39 is 0 Å². The number of methoxy groups -OCH3 is 2. The first-order valence-electron chi connectivity index (χ1n) is 10.2. The third-order valence-electron chi connectivity index (χ3n) is 5.24. The lowest BCUT2D eigenvalue weighted by Gasteiger charge is -2.10. The summed E-state index contributed by atoms with van der Waals surface area (Å²) in [5, 5.41) is 6.26. The number of benzene rings is 3. The molecule has 0 amide bonds. The lowest BCUT2D eigenvalue weighted by atomic mass is 10.1. The number of nitrogens with one attached hydrogen (secondary N) is 2. The molecule has 0 fully saturated rings. The number of anilines is 1. The summed E-state index contributed by atoms with van der Waals surface area (Å²) < 4.78 is 17.0. The highest BCUT2D eigenvalue weighted by Gasteiger charge is 2.11. The molecule has 0 aliphatic rings. The summed E-state index contributed by atoms with van der Waals surface area (Å²) in [5.74, 6) is 2.52. The largest absolute Gasteiger partial charge is 0.493 e.